The summed E-state index contributed by atoms with van der Waals surface area (Å²) in [5, 5.41) is 8.50. The van der Waals surface area contributed by atoms with Gasteiger partial charge in [-0.25, -0.2) is 4.98 Å². The Hall–Kier alpha value is -1.65. The minimum absolute atomic E-state index is 0.467. The van der Waals surface area contributed by atoms with Crippen LogP contribution in [0.25, 0.3) is 5.65 Å². The molecule has 2 aromatic rings. The van der Waals surface area contributed by atoms with Crippen LogP contribution in [-0.4, -0.2) is 19.6 Å². The van der Waals surface area contributed by atoms with Crippen LogP contribution in [0, 0.1) is 11.8 Å². The van der Waals surface area contributed by atoms with Crippen LogP contribution in [0.3, 0.4) is 0 Å². The maximum Gasteiger partial charge on any atom is 0.203 e. The molecule has 0 saturated heterocycles. The Morgan fingerprint density at radius 3 is 2.71 bits per heavy atom. The van der Waals surface area contributed by atoms with E-state index in [1.807, 2.05) is 10.6 Å². The molecule has 0 amide bonds. The summed E-state index contributed by atoms with van der Waals surface area (Å²) in [5.41, 5.74) is 6.50. The molecule has 0 aromatic carbocycles. The Balaban J connectivity index is 1.80. The van der Waals surface area contributed by atoms with Crippen molar-refractivity contribution in [3.63, 3.8) is 0 Å². The lowest BCUT2D eigenvalue weighted by Crippen LogP contribution is -1.98. The van der Waals surface area contributed by atoms with E-state index in [2.05, 4.69) is 15.2 Å². The van der Waals surface area contributed by atoms with Gasteiger partial charge in [-0.3, -0.25) is 4.40 Å². The van der Waals surface area contributed by atoms with Gasteiger partial charge in [0.25, 0.3) is 0 Å². The van der Waals surface area contributed by atoms with Gasteiger partial charge in [0.15, 0.2) is 5.82 Å². The summed E-state index contributed by atoms with van der Waals surface area (Å²) in [7, 11) is 0. The molecule has 5 heteroatoms. The largest absolute Gasteiger partial charge is 0.381 e. The summed E-state index contributed by atoms with van der Waals surface area (Å²) >= 11 is 0. The molecule has 2 aromatic heterocycles. The first-order valence-corrected chi connectivity index (χ1v) is 6.31. The molecule has 0 bridgehead atoms. The predicted molar refractivity (Wildman–Crippen MR) is 63.4 cm³/mol. The molecule has 0 radical (unpaired) electrons. The molecule has 2 heterocycles. The van der Waals surface area contributed by atoms with E-state index in [0.717, 1.165) is 17.7 Å². The highest BCUT2D eigenvalue weighted by Gasteiger charge is 2.53. The topological polar surface area (TPSA) is 69.1 Å². The lowest BCUT2D eigenvalue weighted by Gasteiger charge is -2.04. The normalized spacial score (nSPS) is 31.4. The number of hydrogen-bond acceptors (Lipinski definition) is 4. The molecule has 3 atom stereocenters. The molecule has 88 valence electrons. The van der Waals surface area contributed by atoms with Gasteiger partial charge in [-0.05, 0) is 24.7 Å². The summed E-state index contributed by atoms with van der Waals surface area (Å²) in [6.45, 7) is 0. The zero-order valence-corrected chi connectivity index (χ0v) is 9.58. The lowest BCUT2D eigenvalue weighted by atomic mass is 10.0. The first kappa shape index (κ1) is 9.39. The van der Waals surface area contributed by atoms with Gasteiger partial charge in [0.05, 0.1) is 0 Å². The molecule has 2 aliphatic rings. The second-order valence-corrected chi connectivity index (χ2v) is 5.20. The second-order valence-electron chi connectivity index (χ2n) is 5.20. The van der Waals surface area contributed by atoms with E-state index in [4.69, 9.17) is 5.73 Å². The van der Waals surface area contributed by atoms with Crippen LogP contribution in [-0.2, 0) is 0 Å². The van der Waals surface area contributed by atoms with Crippen molar-refractivity contribution in [3.05, 3.63) is 18.2 Å². The number of rotatable bonds is 1. The highest BCUT2D eigenvalue weighted by atomic mass is 15.3. The Morgan fingerprint density at radius 1 is 1.18 bits per heavy atom. The van der Waals surface area contributed by atoms with Gasteiger partial charge in [0.1, 0.15) is 5.82 Å². The number of nitrogen functional groups attached to an aromatic ring is 1. The molecule has 4 rings (SSSR count). The summed E-state index contributed by atoms with van der Waals surface area (Å²) in [4.78, 5) is 4.05. The maximum absolute atomic E-state index is 5.80. The lowest BCUT2D eigenvalue weighted by molar-refractivity contribution is 0.480. The van der Waals surface area contributed by atoms with Gasteiger partial charge in [-0.1, -0.05) is 12.8 Å². The first-order chi connectivity index (χ1) is 8.36. The van der Waals surface area contributed by atoms with Gasteiger partial charge < -0.3 is 5.73 Å². The quantitative estimate of drug-likeness (QED) is 0.806. The maximum atomic E-state index is 5.80. The molecule has 1 unspecified atom stereocenters. The van der Waals surface area contributed by atoms with Crippen molar-refractivity contribution in [3.8, 4) is 0 Å². The third-order valence-electron chi connectivity index (χ3n) is 4.34. The molecule has 2 fully saturated rings. The van der Waals surface area contributed by atoms with Crippen molar-refractivity contribution in [1.82, 2.24) is 19.6 Å². The average molecular weight is 229 g/mol. The monoisotopic (exact) mass is 229 g/mol. The van der Waals surface area contributed by atoms with Crippen LogP contribution in [0.15, 0.2) is 12.4 Å². The van der Waals surface area contributed by atoms with Crippen molar-refractivity contribution < 1.29 is 0 Å². The van der Waals surface area contributed by atoms with Gasteiger partial charge >= 0.3 is 0 Å². The SMILES string of the molecule is Nc1nccn2c(C3[C@H]4CCCC[C@@H]34)nnc12. The Labute approximate surface area is 99.1 Å². The number of anilines is 1. The van der Waals surface area contributed by atoms with Crippen molar-refractivity contribution in [2.75, 3.05) is 5.73 Å². The smallest absolute Gasteiger partial charge is 0.203 e. The van der Waals surface area contributed by atoms with Crippen LogP contribution in [0.4, 0.5) is 5.82 Å². The molecule has 2 saturated carbocycles. The minimum Gasteiger partial charge on any atom is -0.381 e. The Morgan fingerprint density at radius 2 is 1.94 bits per heavy atom. The highest BCUT2D eigenvalue weighted by Crippen LogP contribution is 2.60. The third kappa shape index (κ3) is 1.22. The van der Waals surface area contributed by atoms with E-state index in [-0.39, 0.29) is 0 Å². The third-order valence-corrected chi connectivity index (χ3v) is 4.34. The van der Waals surface area contributed by atoms with Gasteiger partial charge in [-0.15, -0.1) is 10.2 Å². The van der Waals surface area contributed by atoms with Crippen molar-refractivity contribution in [1.29, 1.82) is 0 Å². The van der Waals surface area contributed by atoms with Crippen molar-refractivity contribution >= 4 is 11.5 Å². The molecule has 0 aliphatic heterocycles. The number of nitrogens with zero attached hydrogens (tertiary/aromatic N) is 4. The molecular weight excluding hydrogens is 214 g/mol. The average Bonchev–Trinajstić information content (AvgIpc) is 2.92. The standard InChI is InChI=1S/C12H15N5/c13-10-12-16-15-11(17(12)6-5-14-10)9-7-3-1-2-4-8(7)9/h5-9H,1-4H2,(H2,13,14)/t7-,8+,9?. The van der Waals surface area contributed by atoms with E-state index in [9.17, 15) is 0 Å². The zero-order chi connectivity index (χ0) is 11.4. The molecular formula is C12H15N5. The summed E-state index contributed by atoms with van der Waals surface area (Å²) in [6, 6.07) is 0. The van der Waals surface area contributed by atoms with Gasteiger partial charge in [0.2, 0.25) is 5.65 Å². The van der Waals surface area contributed by atoms with Gasteiger partial charge in [-0.2, -0.15) is 0 Å². The molecule has 5 nitrogen and oxygen atoms in total. The number of aromatic nitrogens is 4. The fourth-order valence-electron chi connectivity index (χ4n) is 3.47. The first-order valence-electron chi connectivity index (χ1n) is 6.31. The van der Waals surface area contributed by atoms with Gasteiger partial charge in [0, 0.05) is 18.3 Å². The summed E-state index contributed by atoms with van der Waals surface area (Å²) < 4.78 is 2.02. The van der Waals surface area contributed by atoms with Crippen LogP contribution in [0.2, 0.25) is 0 Å². The Bertz CT molecular complexity index is 563. The molecule has 17 heavy (non-hydrogen) atoms. The number of hydrogen-bond donors (Lipinski definition) is 1. The Kier molecular flexibility index (Phi) is 1.76. The molecule has 2 aliphatic carbocycles. The zero-order valence-electron chi connectivity index (χ0n) is 9.58. The summed E-state index contributed by atoms with van der Waals surface area (Å²) in [5.74, 6) is 3.84. The summed E-state index contributed by atoms with van der Waals surface area (Å²) in [6.07, 6.45) is 9.10. The predicted octanol–water partition coefficient (Wildman–Crippen LogP) is 1.61. The highest BCUT2D eigenvalue weighted by molar-refractivity contribution is 5.58. The minimum atomic E-state index is 0.467. The van der Waals surface area contributed by atoms with E-state index in [0.29, 0.717) is 17.4 Å². The van der Waals surface area contributed by atoms with E-state index >= 15 is 0 Å². The molecule has 0 spiro atoms. The van der Waals surface area contributed by atoms with Crippen LogP contribution in [0.5, 0.6) is 0 Å². The number of nitrogens with two attached hydrogens (primary N) is 1. The van der Waals surface area contributed by atoms with Crippen molar-refractivity contribution in [2.45, 2.75) is 31.6 Å². The fraction of sp³-hybridized carbons (Fsp3) is 0.583. The van der Waals surface area contributed by atoms with Crippen LogP contribution >= 0.6 is 0 Å². The van der Waals surface area contributed by atoms with Crippen molar-refractivity contribution in [2.24, 2.45) is 11.8 Å². The van der Waals surface area contributed by atoms with E-state index in [1.165, 1.54) is 25.7 Å². The van der Waals surface area contributed by atoms with E-state index in [1.54, 1.807) is 6.20 Å². The van der Waals surface area contributed by atoms with E-state index < -0.39 is 0 Å². The molecule has 2 N–H and O–H groups in total. The second kappa shape index (κ2) is 3.18. The fourth-order valence-corrected chi connectivity index (χ4v) is 3.47. The van der Waals surface area contributed by atoms with Crippen LogP contribution < -0.4 is 5.73 Å². The number of fused-ring (bicyclic) bond motifs is 2. The van der Waals surface area contributed by atoms with Crippen LogP contribution in [0.1, 0.15) is 37.4 Å².